The third kappa shape index (κ3) is 2.49. The van der Waals surface area contributed by atoms with Crippen molar-refractivity contribution in [2.24, 2.45) is 0 Å². The number of H-pyrrole nitrogens is 1. The molecule has 2 aromatic carbocycles. The number of nitrogens with one attached hydrogen (secondary N) is 2. The number of rotatable bonds is 2. The average Bonchev–Trinajstić information content (AvgIpc) is 3.30. The maximum Gasteiger partial charge on any atom is 0.332 e. The molecule has 0 amide bonds. The highest BCUT2D eigenvalue weighted by molar-refractivity contribution is 5.77. The number of para-hydroxylation sites is 2. The van der Waals surface area contributed by atoms with Gasteiger partial charge in [0, 0.05) is 18.7 Å². The molecule has 2 N–H and O–H groups in total. The van der Waals surface area contributed by atoms with Gasteiger partial charge in [-0.1, -0.05) is 24.3 Å². The Morgan fingerprint density at radius 1 is 1.00 bits per heavy atom. The number of hydrogen-bond donors (Lipinski definition) is 2. The van der Waals surface area contributed by atoms with Gasteiger partial charge in [0.15, 0.2) is 5.65 Å². The summed E-state index contributed by atoms with van der Waals surface area (Å²) in [5, 5.41) is 3.72. The van der Waals surface area contributed by atoms with Gasteiger partial charge in [0.1, 0.15) is 6.17 Å². The Labute approximate surface area is 167 Å². The maximum atomic E-state index is 12.5. The zero-order chi connectivity index (χ0) is 19.4. The molecule has 6 heteroatoms. The van der Waals surface area contributed by atoms with E-state index in [1.807, 2.05) is 24.3 Å². The van der Waals surface area contributed by atoms with Crippen molar-refractivity contribution in [2.75, 3.05) is 16.8 Å². The Morgan fingerprint density at radius 2 is 1.86 bits per heavy atom. The van der Waals surface area contributed by atoms with Crippen molar-refractivity contribution in [3.05, 3.63) is 82.9 Å². The summed E-state index contributed by atoms with van der Waals surface area (Å²) >= 11 is 0. The quantitative estimate of drug-likeness (QED) is 0.552. The molecule has 2 atom stereocenters. The van der Waals surface area contributed by atoms with E-state index in [4.69, 9.17) is 0 Å². The predicted molar refractivity (Wildman–Crippen MR) is 115 cm³/mol. The van der Waals surface area contributed by atoms with Crippen LogP contribution in [0.2, 0.25) is 0 Å². The first-order valence-electron chi connectivity index (χ1n) is 10.1. The summed E-state index contributed by atoms with van der Waals surface area (Å²) in [5.74, 6) is 0.406. The first kappa shape index (κ1) is 16.4. The van der Waals surface area contributed by atoms with Gasteiger partial charge < -0.3 is 15.2 Å². The number of aromatic nitrogens is 3. The fraction of sp³-hybridized carbons (Fsp3) is 0.217. The van der Waals surface area contributed by atoms with Crippen LogP contribution in [0.3, 0.4) is 0 Å². The van der Waals surface area contributed by atoms with Crippen LogP contribution in [0.1, 0.15) is 24.3 Å². The van der Waals surface area contributed by atoms with Crippen LogP contribution in [0.25, 0.3) is 16.9 Å². The van der Waals surface area contributed by atoms with Crippen LogP contribution in [0.4, 0.5) is 11.4 Å². The molecule has 6 rings (SSSR count). The molecule has 2 unspecified atom stereocenters. The van der Waals surface area contributed by atoms with Crippen molar-refractivity contribution in [3.63, 3.8) is 0 Å². The Bertz CT molecular complexity index is 1260. The van der Waals surface area contributed by atoms with E-state index in [9.17, 15) is 4.79 Å². The number of benzene rings is 2. The third-order valence-electron chi connectivity index (χ3n) is 6.17. The zero-order valence-corrected chi connectivity index (χ0v) is 15.9. The van der Waals surface area contributed by atoms with E-state index >= 15 is 0 Å². The second-order valence-electron chi connectivity index (χ2n) is 7.78. The molecule has 4 aromatic rings. The molecule has 1 fully saturated rings. The second-order valence-corrected chi connectivity index (χ2v) is 7.78. The summed E-state index contributed by atoms with van der Waals surface area (Å²) in [7, 11) is 0. The second kappa shape index (κ2) is 6.24. The van der Waals surface area contributed by atoms with E-state index < -0.39 is 0 Å². The number of nitrogens with zero attached hydrogens (tertiary/aromatic N) is 3. The average molecular weight is 383 g/mol. The molecule has 1 saturated heterocycles. The minimum atomic E-state index is -0.164. The number of pyridine rings is 1. The lowest BCUT2D eigenvalue weighted by Crippen LogP contribution is -2.44. The fourth-order valence-electron chi connectivity index (χ4n) is 4.85. The van der Waals surface area contributed by atoms with E-state index in [2.05, 4.69) is 56.6 Å². The largest absolute Gasteiger partial charge is 0.363 e. The number of imidazole rings is 1. The van der Waals surface area contributed by atoms with Gasteiger partial charge in [-0.05, 0) is 54.8 Å². The Hall–Kier alpha value is -3.54. The van der Waals surface area contributed by atoms with Gasteiger partial charge >= 0.3 is 5.69 Å². The van der Waals surface area contributed by atoms with Crippen LogP contribution in [-0.2, 0) is 0 Å². The molecule has 0 saturated carbocycles. The summed E-state index contributed by atoms with van der Waals surface area (Å²) < 4.78 is 1.63. The summed E-state index contributed by atoms with van der Waals surface area (Å²) in [4.78, 5) is 22.2. The van der Waals surface area contributed by atoms with Crippen molar-refractivity contribution in [2.45, 2.75) is 24.9 Å². The first-order valence-corrected chi connectivity index (χ1v) is 10.1. The van der Waals surface area contributed by atoms with Gasteiger partial charge in [-0.3, -0.25) is 0 Å². The number of piperidine rings is 1. The number of hydrogen-bond acceptors (Lipinski definition) is 4. The van der Waals surface area contributed by atoms with E-state index in [1.165, 1.54) is 23.4 Å². The molecule has 29 heavy (non-hydrogen) atoms. The summed E-state index contributed by atoms with van der Waals surface area (Å²) in [6, 6.07) is 20.6. The van der Waals surface area contributed by atoms with Crippen LogP contribution >= 0.6 is 0 Å². The molecule has 0 aliphatic carbocycles. The monoisotopic (exact) mass is 383 g/mol. The highest BCUT2D eigenvalue weighted by atomic mass is 16.1. The summed E-state index contributed by atoms with van der Waals surface area (Å²) in [6.45, 7) is 1.08. The van der Waals surface area contributed by atoms with Crippen LogP contribution in [0, 0.1) is 0 Å². The molecular formula is C23H21N5O. The van der Waals surface area contributed by atoms with Gasteiger partial charge in [0.05, 0.1) is 22.6 Å². The number of anilines is 2. The highest BCUT2D eigenvalue weighted by Gasteiger charge is 2.37. The summed E-state index contributed by atoms with van der Waals surface area (Å²) in [6.07, 6.45) is 4.31. The Morgan fingerprint density at radius 3 is 2.76 bits per heavy atom. The van der Waals surface area contributed by atoms with E-state index in [-0.39, 0.29) is 11.9 Å². The lowest BCUT2D eigenvalue weighted by molar-refractivity contribution is 0.442. The van der Waals surface area contributed by atoms with Crippen molar-refractivity contribution in [1.29, 1.82) is 0 Å². The normalized spacial score (nSPS) is 20.3. The fourth-order valence-corrected chi connectivity index (χ4v) is 4.85. The lowest BCUT2D eigenvalue weighted by Gasteiger charge is -2.38. The summed E-state index contributed by atoms with van der Waals surface area (Å²) in [5.41, 5.74) is 5.89. The van der Waals surface area contributed by atoms with Gasteiger partial charge in [0.25, 0.3) is 0 Å². The van der Waals surface area contributed by atoms with E-state index in [0.717, 1.165) is 24.2 Å². The van der Waals surface area contributed by atoms with Crippen molar-refractivity contribution in [1.82, 2.24) is 14.5 Å². The zero-order valence-electron chi connectivity index (χ0n) is 15.9. The minimum absolute atomic E-state index is 0.164. The third-order valence-corrected chi connectivity index (χ3v) is 6.17. The Balaban J connectivity index is 1.35. The van der Waals surface area contributed by atoms with Crippen molar-refractivity contribution >= 4 is 22.5 Å². The minimum Gasteiger partial charge on any atom is -0.363 e. The van der Waals surface area contributed by atoms with Crippen molar-refractivity contribution < 1.29 is 0 Å². The molecule has 4 heterocycles. The molecular weight excluding hydrogens is 362 g/mol. The topological polar surface area (TPSA) is 66.0 Å². The maximum absolute atomic E-state index is 12.5. The SMILES string of the molecule is O=c1[nH]c2cccnc2n1-c1ccc(C2CCCN3c4ccccc4NC23)cc1. The van der Waals surface area contributed by atoms with E-state index in [1.54, 1.807) is 10.8 Å². The van der Waals surface area contributed by atoms with Crippen LogP contribution in [-0.4, -0.2) is 27.2 Å². The molecule has 2 aromatic heterocycles. The molecule has 6 nitrogen and oxygen atoms in total. The molecule has 144 valence electrons. The smallest absolute Gasteiger partial charge is 0.332 e. The van der Waals surface area contributed by atoms with Crippen LogP contribution in [0.15, 0.2) is 71.7 Å². The highest BCUT2D eigenvalue weighted by Crippen LogP contribution is 2.43. The molecule has 0 bridgehead atoms. The lowest BCUT2D eigenvalue weighted by atomic mass is 9.87. The Kier molecular flexibility index (Phi) is 3.53. The standard InChI is InChI=1S/C23H21N5O/c29-23-26-19-7-3-13-24-22(19)28(23)16-11-9-15(10-12-16)17-5-4-14-27-20-8-2-1-6-18(20)25-21(17)27/h1-3,6-13,17,21,25H,4-5,14H2,(H,26,29). The van der Waals surface area contributed by atoms with E-state index in [0.29, 0.717) is 11.6 Å². The number of aromatic amines is 1. The van der Waals surface area contributed by atoms with Gasteiger partial charge in [-0.2, -0.15) is 0 Å². The van der Waals surface area contributed by atoms with Crippen LogP contribution in [0.5, 0.6) is 0 Å². The van der Waals surface area contributed by atoms with Gasteiger partial charge in [-0.15, -0.1) is 0 Å². The molecule has 2 aliphatic rings. The first-order chi connectivity index (χ1) is 14.3. The van der Waals surface area contributed by atoms with Crippen molar-refractivity contribution in [3.8, 4) is 5.69 Å². The van der Waals surface area contributed by atoms with Crippen LogP contribution < -0.4 is 15.9 Å². The van der Waals surface area contributed by atoms with Gasteiger partial charge in [0.2, 0.25) is 0 Å². The molecule has 0 spiro atoms. The molecule has 2 aliphatic heterocycles. The number of fused-ring (bicyclic) bond motifs is 4. The molecule has 0 radical (unpaired) electrons. The van der Waals surface area contributed by atoms with Gasteiger partial charge in [-0.25, -0.2) is 14.3 Å². The predicted octanol–water partition coefficient (Wildman–Crippen LogP) is 3.85.